The molecule has 0 heterocycles. The number of carboxylic acids is 1. The topological polar surface area (TPSA) is 89.7 Å². The van der Waals surface area contributed by atoms with Crippen LogP contribution in [-0.4, -0.2) is 22.1 Å². The minimum Gasteiger partial charge on any atom is -0.491 e. The van der Waals surface area contributed by atoms with Crippen LogP contribution >= 0.6 is 0 Å². The molecule has 6 nitrogen and oxygen atoms in total. The Bertz CT molecular complexity index is 441. The summed E-state index contributed by atoms with van der Waals surface area (Å²) >= 11 is 0. The first-order chi connectivity index (χ1) is 7.88. The van der Waals surface area contributed by atoms with E-state index in [-0.39, 0.29) is 18.2 Å². The molecule has 17 heavy (non-hydrogen) atoms. The van der Waals surface area contributed by atoms with Crippen LogP contribution in [-0.2, 0) is 11.2 Å². The maximum atomic E-state index is 10.7. The van der Waals surface area contributed by atoms with Gasteiger partial charge in [-0.05, 0) is 25.5 Å². The average molecular weight is 239 g/mol. The van der Waals surface area contributed by atoms with Crippen LogP contribution in [0.1, 0.15) is 19.4 Å². The molecule has 0 aliphatic carbocycles. The Morgan fingerprint density at radius 1 is 1.47 bits per heavy atom. The fourth-order valence-electron chi connectivity index (χ4n) is 1.37. The van der Waals surface area contributed by atoms with Crippen molar-refractivity contribution in [2.75, 3.05) is 0 Å². The summed E-state index contributed by atoms with van der Waals surface area (Å²) in [5.74, 6) is -0.730. The molecular weight excluding hydrogens is 226 g/mol. The van der Waals surface area contributed by atoms with Crippen LogP contribution in [0, 0.1) is 10.1 Å². The number of hydrogen-bond donors (Lipinski definition) is 1. The van der Waals surface area contributed by atoms with Crippen LogP contribution in [0.2, 0.25) is 0 Å². The largest absolute Gasteiger partial charge is 0.491 e. The highest BCUT2D eigenvalue weighted by Gasteiger charge is 2.13. The fourth-order valence-corrected chi connectivity index (χ4v) is 1.37. The first-order valence-corrected chi connectivity index (χ1v) is 5.05. The molecule has 6 heteroatoms. The third kappa shape index (κ3) is 4.10. The van der Waals surface area contributed by atoms with Crippen LogP contribution in [0.4, 0.5) is 5.69 Å². The van der Waals surface area contributed by atoms with Gasteiger partial charge in [0.25, 0.3) is 5.69 Å². The lowest BCUT2D eigenvalue weighted by molar-refractivity contribution is -0.385. The smallest absolute Gasteiger partial charge is 0.307 e. The molecule has 0 aromatic heterocycles. The predicted molar refractivity (Wildman–Crippen MR) is 60.2 cm³/mol. The molecule has 92 valence electrons. The van der Waals surface area contributed by atoms with Crippen LogP contribution in [0.5, 0.6) is 5.75 Å². The fraction of sp³-hybridized carbons (Fsp3) is 0.364. The molecular formula is C11H13NO5. The second-order valence-electron chi connectivity index (χ2n) is 3.83. The van der Waals surface area contributed by atoms with E-state index in [1.807, 2.05) is 0 Å². The third-order valence-corrected chi connectivity index (χ3v) is 1.89. The van der Waals surface area contributed by atoms with Gasteiger partial charge in [-0.2, -0.15) is 0 Å². The van der Waals surface area contributed by atoms with Crippen LogP contribution in [0.3, 0.4) is 0 Å². The molecule has 0 fully saturated rings. The molecule has 0 aliphatic heterocycles. The summed E-state index contributed by atoms with van der Waals surface area (Å²) in [6, 6.07) is 4.02. The molecule has 1 aromatic carbocycles. The number of aliphatic carboxylic acids is 1. The lowest BCUT2D eigenvalue weighted by atomic mass is 10.1. The number of ether oxygens (including phenoxy) is 1. The Morgan fingerprint density at radius 3 is 2.59 bits per heavy atom. The van der Waals surface area contributed by atoms with Gasteiger partial charge >= 0.3 is 5.97 Å². The number of nitro groups is 1. The Hall–Kier alpha value is -2.11. The van der Waals surface area contributed by atoms with E-state index in [4.69, 9.17) is 9.84 Å². The highest BCUT2D eigenvalue weighted by molar-refractivity contribution is 5.70. The zero-order chi connectivity index (χ0) is 13.0. The minimum atomic E-state index is -1.04. The molecule has 0 radical (unpaired) electrons. The summed E-state index contributed by atoms with van der Waals surface area (Å²) in [4.78, 5) is 20.7. The molecule has 1 rings (SSSR count). The van der Waals surface area contributed by atoms with Gasteiger partial charge in [-0.15, -0.1) is 0 Å². The van der Waals surface area contributed by atoms with Crippen LogP contribution in [0.25, 0.3) is 0 Å². The van der Waals surface area contributed by atoms with Gasteiger partial charge in [0, 0.05) is 6.07 Å². The van der Waals surface area contributed by atoms with Gasteiger partial charge in [-0.1, -0.05) is 0 Å². The highest BCUT2D eigenvalue weighted by atomic mass is 16.6. The van der Waals surface area contributed by atoms with Crippen molar-refractivity contribution in [2.24, 2.45) is 0 Å². The lowest BCUT2D eigenvalue weighted by Crippen LogP contribution is -2.07. The quantitative estimate of drug-likeness (QED) is 0.627. The van der Waals surface area contributed by atoms with Gasteiger partial charge in [-0.25, -0.2) is 0 Å². The standard InChI is InChI=1S/C11H13NO5/c1-7(2)17-10-4-8(5-11(13)14)3-9(6-10)12(15)16/h3-4,6-7H,5H2,1-2H3,(H,13,14). The van der Waals surface area contributed by atoms with Gasteiger partial charge in [0.2, 0.25) is 0 Å². The maximum absolute atomic E-state index is 10.7. The molecule has 0 aliphatic rings. The van der Waals surface area contributed by atoms with Crippen molar-refractivity contribution in [3.63, 3.8) is 0 Å². The second-order valence-corrected chi connectivity index (χ2v) is 3.83. The summed E-state index contributed by atoms with van der Waals surface area (Å²) in [6.07, 6.45) is -0.398. The SMILES string of the molecule is CC(C)Oc1cc(CC(=O)O)cc([N+](=O)[O-])c1. The van der Waals surface area contributed by atoms with Crippen molar-refractivity contribution in [3.05, 3.63) is 33.9 Å². The van der Waals surface area contributed by atoms with Crippen LogP contribution in [0.15, 0.2) is 18.2 Å². The van der Waals surface area contributed by atoms with E-state index in [0.717, 1.165) is 0 Å². The first-order valence-electron chi connectivity index (χ1n) is 5.05. The van der Waals surface area contributed by atoms with E-state index >= 15 is 0 Å². The molecule has 0 unspecified atom stereocenters. The summed E-state index contributed by atoms with van der Waals surface area (Å²) < 4.78 is 5.33. The number of carboxylic acid groups (broad SMARTS) is 1. The molecule has 0 amide bonds. The van der Waals surface area contributed by atoms with Crippen molar-refractivity contribution >= 4 is 11.7 Å². The Balaban J connectivity index is 3.09. The molecule has 0 spiro atoms. The number of non-ortho nitro benzene ring substituents is 1. The number of rotatable bonds is 5. The molecule has 1 aromatic rings. The van der Waals surface area contributed by atoms with Crippen molar-refractivity contribution in [1.82, 2.24) is 0 Å². The number of nitro benzene ring substituents is 1. The van der Waals surface area contributed by atoms with Gasteiger partial charge in [0.1, 0.15) is 5.75 Å². The average Bonchev–Trinajstić information content (AvgIpc) is 2.14. The lowest BCUT2D eigenvalue weighted by Gasteiger charge is -2.10. The van der Waals surface area contributed by atoms with E-state index in [0.29, 0.717) is 11.3 Å². The van der Waals surface area contributed by atoms with E-state index in [9.17, 15) is 14.9 Å². The van der Waals surface area contributed by atoms with Gasteiger partial charge in [0.05, 0.1) is 23.5 Å². The van der Waals surface area contributed by atoms with Crippen LogP contribution < -0.4 is 4.74 Å². The Labute approximate surface area is 98.0 Å². The number of carbonyl (C=O) groups is 1. The van der Waals surface area contributed by atoms with E-state index in [1.54, 1.807) is 13.8 Å². The summed E-state index contributed by atoms with van der Waals surface area (Å²) in [6.45, 7) is 3.57. The van der Waals surface area contributed by atoms with Gasteiger partial charge in [0.15, 0.2) is 0 Å². The van der Waals surface area contributed by atoms with Crippen molar-refractivity contribution < 1.29 is 19.6 Å². The maximum Gasteiger partial charge on any atom is 0.307 e. The Morgan fingerprint density at radius 2 is 2.12 bits per heavy atom. The molecule has 1 N–H and O–H groups in total. The minimum absolute atomic E-state index is 0.130. The predicted octanol–water partition coefficient (Wildman–Crippen LogP) is 2.01. The van der Waals surface area contributed by atoms with Crippen molar-refractivity contribution in [3.8, 4) is 5.75 Å². The molecule has 0 saturated carbocycles. The number of hydrogen-bond acceptors (Lipinski definition) is 4. The monoisotopic (exact) mass is 239 g/mol. The normalized spacial score (nSPS) is 10.3. The second kappa shape index (κ2) is 5.29. The highest BCUT2D eigenvalue weighted by Crippen LogP contribution is 2.24. The summed E-state index contributed by atoms with van der Waals surface area (Å²) in [5.41, 5.74) is 0.182. The molecule has 0 saturated heterocycles. The van der Waals surface area contributed by atoms with Gasteiger partial charge in [-0.3, -0.25) is 14.9 Å². The number of benzene rings is 1. The van der Waals surface area contributed by atoms with Gasteiger partial charge < -0.3 is 9.84 Å². The zero-order valence-corrected chi connectivity index (χ0v) is 9.54. The van der Waals surface area contributed by atoms with Crippen molar-refractivity contribution in [2.45, 2.75) is 26.4 Å². The first kappa shape index (κ1) is 13.0. The van der Waals surface area contributed by atoms with E-state index in [2.05, 4.69) is 0 Å². The molecule has 0 bridgehead atoms. The third-order valence-electron chi connectivity index (χ3n) is 1.89. The Kier molecular flexibility index (Phi) is 4.03. The molecule has 0 atom stereocenters. The summed E-state index contributed by atoms with van der Waals surface area (Å²) in [5, 5.41) is 19.3. The van der Waals surface area contributed by atoms with E-state index < -0.39 is 10.9 Å². The number of nitrogens with zero attached hydrogens (tertiary/aromatic N) is 1. The van der Waals surface area contributed by atoms with E-state index in [1.165, 1.54) is 18.2 Å². The van der Waals surface area contributed by atoms with Crippen molar-refractivity contribution in [1.29, 1.82) is 0 Å². The zero-order valence-electron chi connectivity index (χ0n) is 9.54. The summed E-state index contributed by atoms with van der Waals surface area (Å²) in [7, 11) is 0.